The smallest absolute Gasteiger partial charge is 0.325 e. The van der Waals surface area contributed by atoms with Crippen molar-refractivity contribution in [3.63, 3.8) is 0 Å². The molecule has 0 saturated carbocycles. The fourth-order valence-corrected chi connectivity index (χ4v) is 2.76. The Morgan fingerprint density at radius 2 is 1.70 bits per heavy atom. The van der Waals surface area contributed by atoms with Gasteiger partial charge in [0.15, 0.2) is 0 Å². The average molecular weight is 374 g/mol. The molecule has 1 aliphatic heterocycles. The minimum Gasteiger partial charge on any atom is -0.350 e. The van der Waals surface area contributed by atoms with Crippen molar-refractivity contribution in [2.75, 3.05) is 13.1 Å². The molecule has 1 aromatic rings. The Labute approximate surface area is 158 Å². The molecule has 0 spiro atoms. The van der Waals surface area contributed by atoms with Crippen LogP contribution in [0.1, 0.15) is 38.8 Å². The molecule has 0 aromatic heterocycles. The molecular weight excluding hydrogens is 348 g/mol. The highest BCUT2D eigenvalue weighted by Gasteiger charge is 2.49. The Balaban J connectivity index is 2.00. The maximum Gasteiger partial charge on any atom is 0.325 e. The van der Waals surface area contributed by atoms with Crippen LogP contribution >= 0.6 is 0 Å². The number of imide groups is 1. The van der Waals surface area contributed by atoms with Crippen LogP contribution in [0.3, 0.4) is 0 Å². The van der Waals surface area contributed by atoms with E-state index in [4.69, 9.17) is 0 Å². The monoisotopic (exact) mass is 374 g/mol. The lowest BCUT2D eigenvalue weighted by atomic mass is 9.91. The highest BCUT2D eigenvalue weighted by molar-refractivity contribution is 6.09. The topological polar surface area (TPSA) is 108 Å². The number of carbonyl (C=O) groups is 4. The van der Waals surface area contributed by atoms with Gasteiger partial charge in [-0.05, 0) is 40.2 Å². The molecule has 0 unspecified atom stereocenters. The molecule has 5 amide bonds. The van der Waals surface area contributed by atoms with Crippen LogP contribution in [0.5, 0.6) is 0 Å². The molecule has 1 aromatic carbocycles. The predicted molar refractivity (Wildman–Crippen MR) is 99.7 cm³/mol. The van der Waals surface area contributed by atoms with Gasteiger partial charge >= 0.3 is 6.03 Å². The lowest BCUT2D eigenvalue weighted by molar-refractivity contribution is -0.135. The second kappa shape index (κ2) is 7.38. The first kappa shape index (κ1) is 20.4. The molecule has 0 radical (unpaired) electrons. The Kier molecular flexibility index (Phi) is 5.58. The van der Waals surface area contributed by atoms with E-state index < -0.39 is 35.5 Å². The molecule has 1 atom stereocenters. The van der Waals surface area contributed by atoms with Crippen LogP contribution in [-0.4, -0.2) is 47.3 Å². The van der Waals surface area contributed by atoms with E-state index in [0.29, 0.717) is 5.56 Å². The zero-order chi connectivity index (χ0) is 20.4. The van der Waals surface area contributed by atoms with E-state index in [1.165, 1.54) is 0 Å². The summed E-state index contributed by atoms with van der Waals surface area (Å²) in [5, 5.41) is 7.78. The number of urea groups is 1. The standard InChI is InChI=1S/C19H26N4O4/c1-12-6-8-13(9-7-12)19(5)16(26)23(17(27)22-19)11-15(25)20-10-14(24)21-18(2,3)4/h6-9H,10-11H2,1-5H3,(H,20,25)(H,21,24)(H,22,27)/t19-/m1/s1. The van der Waals surface area contributed by atoms with Crippen LogP contribution in [0.15, 0.2) is 24.3 Å². The summed E-state index contributed by atoms with van der Waals surface area (Å²) in [6.07, 6.45) is 0. The Morgan fingerprint density at radius 3 is 2.26 bits per heavy atom. The van der Waals surface area contributed by atoms with Crippen molar-refractivity contribution in [3.05, 3.63) is 35.4 Å². The van der Waals surface area contributed by atoms with E-state index in [1.54, 1.807) is 19.1 Å². The van der Waals surface area contributed by atoms with Crippen LogP contribution in [-0.2, 0) is 19.9 Å². The van der Waals surface area contributed by atoms with E-state index in [-0.39, 0.29) is 12.5 Å². The highest BCUT2D eigenvalue weighted by atomic mass is 16.2. The molecular formula is C19H26N4O4. The fraction of sp³-hybridized carbons (Fsp3) is 0.474. The van der Waals surface area contributed by atoms with Gasteiger partial charge < -0.3 is 16.0 Å². The molecule has 3 N–H and O–H groups in total. The van der Waals surface area contributed by atoms with Crippen molar-refractivity contribution in [2.24, 2.45) is 0 Å². The molecule has 0 aliphatic carbocycles. The van der Waals surface area contributed by atoms with Crippen LogP contribution in [0.2, 0.25) is 0 Å². The van der Waals surface area contributed by atoms with Crippen LogP contribution in [0.4, 0.5) is 4.79 Å². The number of benzene rings is 1. The molecule has 1 fully saturated rings. The van der Waals surface area contributed by atoms with Gasteiger partial charge in [-0.3, -0.25) is 19.3 Å². The Morgan fingerprint density at radius 1 is 1.11 bits per heavy atom. The number of amides is 5. The third-order valence-electron chi connectivity index (χ3n) is 4.17. The van der Waals surface area contributed by atoms with E-state index >= 15 is 0 Å². The summed E-state index contributed by atoms with van der Waals surface area (Å²) in [4.78, 5) is 49.7. The summed E-state index contributed by atoms with van der Waals surface area (Å²) in [6.45, 7) is 8.33. The van der Waals surface area contributed by atoms with E-state index in [0.717, 1.165) is 10.5 Å². The summed E-state index contributed by atoms with van der Waals surface area (Å²) < 4.78 is 0. The van der Waals surface area contributed by atoms with Crippen molar-refractivity contribution in [2.45, 2.75) is 45.7 Å². The van der Waals surface area contributed by atoms with Gasteiger partial charge in [-0.2, -0.15) is 0 Å². The maximum atomic E-state index is 12.8. The van der Waals surface area contributed by atoms with Crippen molar-refractivity contribution in [1.82, 2.24) is 20.9 Å². The summed E-state index contributed by atoms with van der Waals surface area (Å²) in [6, 6.07) is 6.60. The summed E-state index contributed by atoms with van der Waals surface area (Å²) >= 11 is 0. The minimum absolute atomic E-state index is 0.227. The average Bonchev–Trinajstić information content (AvgIpc) is 2.76. The molecule has 0 bridgehead atoms. The van der Waals surface area contributed by atoms with Gasteiger partial charge in [0.05, 0.1) is 6.54 Å². The number of aryl methyl sites for hydroxylation is 1. The number of nitrogens with one attached hydrogen (secondary N) is 3. The molecule has 1 aliphatic rings. The minimum atomic E-state index is -1.23. The summed E-state index contributed by atoms with van der Waals surface area (Å²) in [5.74, 6) is -1.45. The predicted octanol–water partition coefficient (Wildman–Crippen LogP) is 0.793. The van der Waals surface area contributed by atoms with Crippen molar-refractivity contribution in [3.8, 4) is 0 Å². The number of rotatable bonds is 5. The van der Waals surface area contributed by atoms with E-state index in [1.807, 2.05) is 39.8 Å². The van der Waals surface area contributed by atoms with Crippen LogP contribution < -0.4 is 16.0 Å². The van der Waals surface area contributed by atoms with E-state index in [2.05, 4.69) is 16.0 Å². The van der Waals surface area contributed by atoms with Gasteiger partial charge in [0.25, 0.3) is 5.91 Å². The quantitative estimate of drug-likeness (QED) is 0.662. The van der Waals surface area contributed by atoms with Crippen molar-refractivity contribution in [1.29, 1.82) is 0 Å². The number of hydrogen-bond donors (Lipinski definition) is 3. The molecule has 8 nitrogen and oxygen atoms in total. The fourth-order valence-electron chi connectivity index (χ4n) is 2.76. The number of nitrogens with zero attached hydrogens (tertiary/aromatic N) is 1. The van der Waals surface area contributed by atoms with Gasteiger partial charge in [0.1, 0.15) is 12.1 Å². The number of hydrogen-bond acceptors (Lipinski definition) is 4. The first-order chi connectivity index (χ1) is 12.4. The highest BCUT2D eigenvalue weighted by Crippen LogP contribution is 2.28. The SMILES string of the molecule is Cc1ccc([C@@]2(C)NC(=O)N(CC(=O)NCC(=O)NC(C)(C)C)C2=O)cc1. The lowest BCUT2D eigenvalue weighted by Gasteiger charge is -2.22. The van der Waals surface area contributed by atoms with Crippen LogP contribution in [0, 0.1) is 6.92 Å². The third-order valence-corrected chi connectivity index (χ3v) is 4.17. The third kappa shape index (κ3) is 4.84. The van der Waals surface area contributed by atoms with Gasteiger partial charge in [-0.25, -0.2) is 4.79 Å². The zero-order valence-corrected chi connectivity index (χ0v) is 16.3. The van der Waals surface area contributed by atoms with Gasteiger partial charge in [0, 0.05) is 5.54 Å². The van der Waals surface area contributed by atoms with Gasteiger partial charge in [-0.15, -0.1) is 0 Å². The molecule has 2 rings (SSSR count). The Hall–Kier alpha value is -2.90. The second-order valence-corrected chi connectivity index (χ2v) is 7.89. The van der Waals surface area contributed by atoms with E-state index in [9.17, 15) is 19.2 Å². The van der Waals surface area contributed by atoms with Crippen LogP contribution in [0.25, 0.3) is 0 Å². The molecule has 8 heteroatoms. The summed E-state index contributed by atoms with van der Waals surface area (Å²) in [7, 11) is 0. The second-order valence-electron chi connectivity index (χ2n) is 7.89. The lowest BCUT2D eigenvalue weighted by Crippen LogP contribution is -2.48. The molecule has 146 valence electrons. The normalized spacial score (nSPS) is 19.7. The molecule has 1 heterocycles. The van der Waals surface area contributed by atoms with Crippen molar-refractivity contribution >= 4 is 23.8 Å². The molecule has 27 heavy (non-hydrogen) atoms. The maximum absolute atomic E-state index is 12.8. The molecule has 1 saturated heterocycles. The van der Waals surface area contributed by atoms with Gasteiger partial charge in [-0.1, -0.05) is 29.8 Å². The van der Waals surface area contributed by atoms with Crippen molar-refractivity contribution < 1.29 is 19.2 Å². The number of carbonyl (C=O) groups excluding carboxylic acids is 4. The first-order valence-corrected chi connectivity index (χ1v) is 8.71. The first-order valence-electron chi connectivity index (χ1n) is 8.71. The zero-order valence-electron chi connectivity index (χ0n) is 16.3. The van der Waals surface area contributed by atoms with Gasteiger partial charge in [0.2, 0.25) is 11.8 Å². The Bertz CT molecular complexity index is 767. The summed E-state index contributed by atoms with van der Waals surface area (Å²) in [5.41, 5.74) is 0.0275. The largest absolute Gasteiger partial charge is 0.350 e.